The van der Waals surface area contributed by atoms with Crippen molar-refractivity contribution < 1.29 is 9.21 Å². The molecule has 2 aromatic rings. The number of carbonyl (C=O) groups is 1. The summed E-state index contributed by atoms with van der Waals surface area (Å²) in [6.07, 6.45) is 0. The maximum Gasteiger partial charge on any atom is 0.336 e. The van der Waals surface area contributed by atoms with Crippen LogP contribution in [-0.2, 0) is 6.54 Å². The van der Waals surface area contributed by atoms with Crippen LogP contribution in [0.4, 0.5) is 0 Å². The summed E-state index contributed by atoms with van der Waals surface area (Å²) in [5.74, 6) is 0.261. The van der Waals surface area contributed by atoms with E-state index in [4.69, 9.17) is 4.42 Å². The molecule has 4 nitrogen and oxygen atoms in total. The monoisotopic (exact) mass is 285 g/mol. The van der Waals surface area contributed by atoms with Gasteiger partial charge in [-0.25, -0.2) is 4.79 Å². The summed E-state index contributed by atoms with van der Waals surface area (Å²) in [6.45, 7) is 6.47. The van der Waals surface area contributed by atoms with Gasteiger partial charge in [0.2, 0.25) is 0 Å². The second-order valence-corrected chi connectivity index (χ2v) is 4.98. The highest BCUT2D eigenvalue weighted by Crippen LogP contribution is 2.16. The van der Waals surface area contributed by atoms with E-state index in [1.807, 2.05) is 37.3 Å². The van der Waals surface area contributed by atoms with Crippen LogP contribution in [0.5, 0.6) is 0 Å². The quantitative estimate of drug-likeness (QED) is 0.868. The van der Waals surface area contributed by atoms with E-state index in [0.29, 0.717) is 30.0 Å². The standard InChI is InChI=1S/C17H19NO3/c1-4-18(11-14-8-6-5-7-9-14)17(20)16-12(2)10-15(19)21-13(16)3/h5-10H,4,11H2,1-3H3. The van der Waals surface area contributed by atoms with Crippen molar-refractivity contribution in [1.29, 1.82) is 0 Å². The number of nitrogens with zero attached hydrogens (tertiary/aromatic N) is 1. The van der Waals surface area contributed by atoms with Gasteiger partial charge in [0.15, 0.2) is 0 Å². The minimum absolute atomic E-state index is 0.111. The first-order chi connectivity index (χ1) is 10.0. The first-order valence-electron chi connectivity index (χ1n) is 6.97. The number of benzene rings is 1. The Hall–Kier alpha value is -2.36. The van der Waals surface area contributed by atoms with Crippen LogP contribution < -0.4 is 5.63 Å². The number of amides is 1. The lowest BCUT2D eigenvalue weighted by Gasteiger charge is -2.22. The van der Waals surface area contributed by atoms with E-state index in [1.54, 1.807) is 18.7 Å². The minimum Gasteiger partial charge on any atom is -0.427 e. The van der Waals surface area contributed by atoms with Crippen molar-refractivity contribution >= 4 is 5.91 Å². The zero-order valence-corrected chi connectivity index (χ0v) is 12.6. The predicted octanol–water partition coefficient (Wildman–Crippen LogP) is 2.92. The Labute approximate surface area is 124 Å². The van der Waals surface area contributed by atoms with E-state index in [1.165, 1.54) is 6.07 Å². The average molecular weight is 285 g/mol. The molecular formula is C17H19NO3. The van der Waals surface area contributed by atoms with Crippen LogP contribution in [0.25, 0.3) is 0 Å². The number of hydrogen-bond donors (Lipinski definition) is 0. The fourth-order valence-electron chi connectivity index (χ4n) is 2.37. The summed E-state index contributed by atoms with van der Waals surface area (Å²) in [5.41, 5.74) is 1.78. The fourth-order valence-corrected chi connectivity index (χ4v) is 2.37. The molecule has 0 bridgehead atoms. The van der Waals surface area contributed by atoms with E-state index in [2.05, 4.69) is 0 Å². The summed E-state index contributed by atoms with van der Waals surface area (Å²) in [5, 5.41) is 0. The summed E-state index contributed by atoms with van der Waals surface area (Å²) in [6, 6.07) is 11.2. The third kappa shape index (κ3) is 3.40. The van der Waals surface area contributed by atoms with E-state index in [0.717, 1.165) is 5.56 Å². The van der Waals surface area contributed by atoms with Crippen molar-refractivity contribution in [3.05, 3.63) is 69.3 Å². The maximum atomic E-state index is 12.7. The van der Waals surface area contributed by atoms with Gasteiger partial charge in [0.1, 0.15) is 5.76 Å². The van der Waals surface area contributed by atoms with Gasteiger partial charge in [0.05, 0.1) is 5.56 Å². The maximum absolute atomic E-state index is 12.7. The molecule has 1 aromatic carbocycles. The molecule has 0 fully saturated rings. The number of hydrogen-bond acceptors (Lipinski definition) is 3. The van der Waals surface area contributed by atoms with Crippen LogP contribution in [0.1, 0.15) is 34.2 Å². The van der Waals surface area contributed by atoms with E-state index in [9.17, 15) is 9.59 Å². The molecule has 110 valence electrons. The molecule has 0 aliphatic rings. The second-order valence-electron chi connectivity index (χ2n) is 4.98. The molecule has 0 aliphatic heterocycles. The third-order valence-corrected chi connectivity index (χ3v) is 3.43. The van der Waals surface area contributed by atoms with Crippen LogP contribution in [0.3, 0.4) is 0 Å². The highest BCUT2D eigenvalue weighted by atomic mass is 16.4. The van der Waals surface area contributed by atoms with E-state index >= 15 is 0 Å². The van der Waals surface area contributed by atoms with Crippen LogP contribution in [0.15, 0.2) is 45.6 Å². The third-order valence-electron chi connectivity index (χ3n) is 3.43. The molecule has 0 saturated carbocycles. The zero-order chi connectivity index (χ0) is 15.4. The van der Waals surface area contributed by atoms with Crippen LogP contribution in [-0.4, -0.2) is 17.4 Å². The van der Waals surface area contributed by atoms with Gasteiger partial charge in [-0.05, 0) is 31.9 Å². The zero-order valence-electron chi connectivity index (χ0n) is 12.6. The van der Waals surface area contributed by atoms with E-state index < -0.39 is 5.63 Å². The topological polar surface area (TPSA) is 50.5 Å². The number of carbonyl (C=O) groups excluding carboxylic acids is 1. The van der Waals surface area contributed by atoms with Gasteiger partial charge in [-0.3, -0.25) is 4.79 Å². The first kappa shape index (κ1) is 15.0. The lowest BCUT2D eigenvalue weighted by Crippen LogP contribution is -2.31. The van der Waals surface area contributed by atoms with Gasteiger partial charge in [0.25, 0.3) is 5.91 Å². The lowest BCUT2D eigenvalue weighted by molar-refractivity contribution is 0.0747. The van der Waals surface area contributed by atoms with Crippen molar-refractivity contribution in [1.82, 2.24) is 4.90 Å². The molecule has 21 heavy (non-hydrogen) atoms. The molecule has 4 heteroatoms. The average Bonchev–Trinajstić information content (AvgIpc) is 2.44. The highest BCUT2D eigenvalue weighted by Gasteiger charge is 2.20. The molecule has 0 unspecified atom stereocenters. The van der Waals surface area contributed by atoms with Crippen molar-refractivity contribution in [3.63, 3.8) is 0 Å². The Kier molecular flexibility index (Phi) is 4.58. The van der Waals surface area contributed by atoms with Crippen LogP contribution in [0.2, 0.25) is 0 Å². The van der Waals surface area contributed by atoms with Gasteiger partial charge >= 0.3 is 5.63 Å². The second kappa shape index (κ2) is 6.39. The van der Waals surface area contributed by atoms with Gasteiger partial charge in [-0.1, -0.05) is 30.3 Å². The SMILES string of the molecule is CCN(Cc1ccccc1)C(=O)c1c(C)cc(=O)oc1C. The molecule has 1 aromatic heterocycles. The number of rotatable bonds is 4. The molecule has 1 heterocycles. The van der Waals surface area contributed by atoms with Gasteiger partial charge in [-0.15, -0.1) is 0 Å². The summed E-state index contributed by atoms with van der Waals surface area (Å²) in [4.78, 5) is 25.8. The summed E-state index contributed by atoms with van der Waals surface area (Å²) < 4.78 is 5.05. The molecule has 0 spiro atoms. The molecular weight excluding hydrogens is 266 g/mol. The molecule has 0 atom stereocenters. The Balaban J connectivity index is 2.31. The Bertz CT molecular complexity index is 663. The van der Waals surface area contributed by atoms with Gasteiger partial charge in [0, 0.05) is 19.2 Å². The molecule has 0 aliphatic carbocycles. The molecule has 0 radical (unpaired) electrons. The largest absolute Gasteiger partial charge is 0.427 e. The van der Waals surface area contributed by atoms with Crippen molar-refractivity contribution in [2.24, 2.45) is 0 Å². The van der Waals surface area contributed by atoms with Crippen molar-refractivity contribution in [2.75, 3.05) is 6.54 Å². The first-order valence-corrected chi connectivity index (χ1v) is 6.97. The Morgan fingerprint density at radius 3 is 2.43 bits per heavy atom. The Morgan fingerprint density at radius 2 is 1.86 bits per heavy atom. The molecule has 0 saturated heterocycles. The van der Waals surface area contributed by atoms with E-state index in [-0.39, 0.29) is 5.91 Å². The molecule has 0 N–H and O–H groups in total. The lowest BCUT2D eigenvalue weighted by atomic mass is 10.1. The van der Waals surface area contributed by atoms with Gasteiger partial charge in [-0.2, -0.15) is 0 Å². The fraction of sp³-hybridized carbons (Fsp3) is 0.294. The molecule has 2 rings (SSSR count). The summed E-state index contributed by atoms with van der Waals surface area (Å²) >= 11 is 0. The summed E-state index contributed by atoms with van der Waals surface area (Å²) in [7, 11) is 0. The van der Waals surface area contributed by atoms with Crippen LogP contribution in [0, 0.1) is 13.8 Å². The highest BCUT2D eigenvalue weighted by molar-refractivity contribution is 5.96. The molecule has 1 amide bonds. The minimum atomic E-state index is -0.423. The normalized spacial score (nSPS) is 10.4. The Morgan fingerprint density at radius 1 is 1.19 bits per heavy atom. The van der Waals surface area contributed by atoms with Crippen molar-refractivity contribution in [3.8, 4) is 0 Å². The predicted molar refractivity (Wildman–Crippen MR) is 81.3 cm³/mol. The van der Waals surface area contributed by atoms with Crippen molar-refractivity contribution in [2.45, 2.75) is 27.3 Å². The van der Waals surface area contributed by atoms with Gasteiger partial charge < -0.3 is 9.32 Å². The smallest absolute Gasteiger partial charge is 0.336 e. The number of aryl methyl sites for hydroxylation is 2. The van der Waals surface area contributed by atoms with Crippen LogP contribution >= 0.6 is 0 Å².